The van der Waals surface area contributed by atoms with Crippen LogP contribution in [0.3, 0.4) is 0 Å². The summed E-state index contributed by atoms with van der Waals surface area (Å²) in [5, 5.41) is 3.27. The number of anilines is 2. The molecule has 2 aromatic carbocycles. The molecule has 0 saturated heterocycles. The summed E-state index contributed by atoms with van der Waals surface area (Å²) < 4.78 is 11.5. The van der Waals surface area contributed by atoms with Gasteiger partial charge in [0.2, 0.25) is 0 Å². The molecular weight excluding hydrogens is 370 g/mol. The number of nitrogens with zero attached hydrogens (tertiary/aromatic N) is 2. The van der Waals surface area contributed by atoms with E-state index in [0.717, 1.165) is 32.9 Å². The molecule has 0 bridgehead atoms. The third-order valence-electron chi connectivity index (χ3n) is 3.47. The number of halogens is 1. The van der Waals surface area contributed by atoms with Crippen molar-refractivity contribution < 1.29 is 9.47 Å². The van der Waals surface area contributed by atoms with Crippen molar-refractivity contribution in [1.29, 1.82) is 0 Å². The van der Waals surface area contributed by atoms with E-state index in [0.29, 0.717) is 5.82 Å². The minimum absolute atomic E-state index is 0.697. The summed E-state index contributed by atoms with van der Waals surface area (Å²) in [6.07, 6.45) is 1.53. The highest BCUT2D eigenvalue weighted by Gasteiger charge is 2.08. The van der Waals surface area contributed by atoms with Gasteiger partial charge in [0.15, 0.2) is 0 Å². The first-order valence-electron chi connectivity index (χ1n) is 7.27. The van der Waals surface area contributed by atoms with Crippen LogP contribution in [0.15, 0.2) is 59.3 Å². The Hall–Kier alpha value is -2.60. The van der Waals surface area contributed by atoms with Gasteiger partial charge in [-0.1, -0.05) is 12.1 Å². The summed E-state index contributed by atoms with van der Waals surface area (Å²) in [4.78, 5) is 8.62. The normalized spacial score (nSPS) is 10.3. The minimum Gasteiger partial charge on any atom is -0.496 e. The Bertz CT molecular complexity index is 855. The Labute approximate surface area is 148 Å². The van der Waals surface area contributed by atoms with Crippen LogP contribution in [0.5, 0.6) is 11.5 Å². The molecule has 0 atom stereocenters. The predicted octanol–water partition coefficient (Wildman–Crippen LogP) is 4.67. The first-order chi connectivity index (χ1) is 11.7. The molecular formula is C18H16BrN3O2. The SMILES string of the molecule is COc1ccc(Nc2cc(-c3ccccc3OC)ncn2)cc1Br. The Morgan fingerprint density at radius 3 is 2.46 bits per heavy atom. The van der Waals surface area contributed by atoms with Crippen LogP contribution in [0.1, 0.15) is 0 Å². The van der Waals surface area contributed by atoms with Crippen molar-refractivity contribution in [2.24, 2.45) is 0 Å². The van der Waals surface area contributed by atoms with Crippen molar-refractivity contribution in [2.45, 2.75) is 0 Å². The van der Waals surface area contributed by atoms with Gasteiger partial charge in [-0.2, -0.15) is 0 Å². The number of methoxy groups -OCH3 is 2. The Morgan fingerprint density at radius 1 is 0.917 bits per heavy atom. The van der Waals surface area contributed by atoms with Gasteiger partial charge in [-0.25, -0.2) is 9.97 Å². The largest absolute Gasteiger partial charge is 0.496 e. The van der Waals surface area contributed by atoms with E-state index in [-0.39, 0.29) is 0 Å². The zero-order chi connectivity index (χ0) is 16.9. The van der Waals surface area contributed by atoms with E-state index in [1.807, 2.05) is 48.5 Å². The lowest BCUT2D eigenvalue weighted by atomic mass is 10.1. The van der Waals surface area contributed by atoms with Crippen LogP contribution in [-0.4, -0.2) is 24.2 Å². The highest BCUT2D eigenvalue weighted by molar-refractivity contribution is 9.10. The fourth-order valence-electron chi connectivity index (χ4n) is 2.32. The zero-order valence-electron chi connectivity index (χ0n) is 13.3. The van der Waals surface area contributed by atoms with Gasteiger partial charge in [-0.15, -0.1) is 0 Å². The molecule has 0 saturated carbocycles. The van der Waals surface area contributed by atoms with Crippen molar-refractivity contribution in [3.05, 3.63) is 59.3 Å². The molecule has 0 unspecified atom stereocenters. The number of nitrogens with one attached hydrogen (secondary N) is 1. The smallest absolute Gasteiger partial charge is 0.134 e. The second-order valence-electron chi connectivity index (χ2n) is 4.96. The summed E-state index contributed by atoms with van der Waals surface area (Å²) in [7, 11) is 3.28. The molecule has 3 rings (SSSR count). The van der Waals surface area contributed by atoms with Gasteiger partial charge in [0.1, 0.15) is 23.6 Å². The fourth-order valence-corrected chi connectivity index (χ4v) is 2.86. The van der Waals surface area contributed by atoms with E-state index in [1.54, 1.807) is 14.2 Å². The van der Waals surface area contributed by atoms with Crippen LogP contribution in [0.2, 0.25) is 0 Å². The Kier molecular flexibility index (Phi) is 4.96. The van der Waals surface area contributed by atoms with Gasteiger partial charge in [0, 0.05) is 17.3 Å². The van der Waals surface area contributed by atoms with Crippen LogP contribution >= 0.6 is 15.9 Å². The number of aromatic nitrogens is 2. The van der Waals surface area contributed by atoms with Crippen molar-refractivity contribution >= 4 is 27.4 Å². The van der Waals surface area contributed by atoms with E-state index in [2.05, 4.69) is 31.2 Å². The molecule has 0 spiro atoms. The van der Waals surface area contributed by atoms with E-state index in [1.165, 1.54) is 6.33 Å². The van der Waals surface area contributed by atoms with Gasteiger partial charge in [-0.05, 0) is 46.3 Å². The Balaban J connectivity index is 1.89. The van der Waals surface area contributed by atoms with Crippen LogP contribution in [0, 0.1) is 0 Å². The van der Waals surface area contributed by atoms with E-state index in [4.69, 9.17) is 9.47 Å². The molecule has 0 aliphatic heterocycles. The lowest BCUT2D eigenvalue weighted by molar-refractivity contribution is 0.412. The van der Waals surface area contributed by atoms with Crippen LogP contribution < -0.4 is 14.8 Å². The van der Waals surface area contributed by atoms with Gasteiger partial charge >= 0.3 is 0 Å². The van der Waals surface area contributed by atoms with Crippen LogP contribution in [0.25, 0.3) is 11.3 Å². The van der Waals surface area contributed by atoms with Crippen LogP contribution in [0.4, 0.5) is 11.5 Å². The van der Waals surface area contributed by atoms with Crippen LogP contribution in [-0.2, 0) is 0 Å². The number of rotatable bonds is 5. The van der Waals surface area contributed by atoms with Gasteiger partial charge in [0.05, 0.1) is 24.4 Å². The maximum absolute atomic E-state index is 5.40. The summed E-state index contributed by atoms with van der Waals surface area (Å²) >= 11 is 3.48. The Morgan fingerprint density at radius 2 is 1.71 bits per heavy atom. The quantitative estimate of drug-likeness (QED) is 0.691. The zero-order valence-corrected chi connectivity index (χ0v) is 14.9. The number of hydrogen-bond donors (Lipinski definition) is 1. The molecule has 6 heteroatoms. The van der Waals surface area contributed by atoms with E-state index >= 15 is 0 Å². The maximum Gasteiger partial charge on any atom is 0.134 e. The lowest BCUT2D eigenvalue weighted by Crippen LogP contribution is -1.97. The lowest BCUT2D eigenvalue weighted by Gasteiger charge is -2.11. The van der Waals surface area contributed by atoms with Gasteiger partial charge in [-0.3, -0.25) is 0 Å². The summed E-state index contributed by atoms with van der Waals surface area (Å²) in [5.74, 6) is 2.25. The van der Waals surface area contributed by atoms with Crippen molar-refractivity contribution in [3.63, 3.8) is 0 Å². The van der Waals surface area contributed by atoms with Crippen molar-refractivity contribution in [2.75, 3.05) is 19.5 Å². The van der Waals surface area contributed by atoms with E-state index in [9.17, 15) is 0 Å². The monoisotopic (exact) mass is 385 g/mol. The second kappa shape index (κ2) is 7.31. The highest BCUT2D eigenvalue weighted by atomic mass is 79.9. The summed E-state index contributed by atoms with van der Waals surface area (Å²) in [5.41, 5.74) is 2.60. The topological polar surface area (TPSA) is 56.3 Å². The summed E-state index contributed by atoms with van der Waals surface area (Å²) in [6, 6.07) is 15.4. The fraction of sp³-hybridized carbons (Fsp3) is 0.111. The molecule has 0 radical (unpaired) electrons. The average molecular weight is 386 g/mol. The predicted molar refractivity (Wildman–Crippen MR) is 98.0 cm³/mol. The molecule has 0 amide bonds. The summed E-state index contributed by atoms with van der Waals surface area (Å²) in [6.45, 7) is 0. The maximum atomic E-state index is 5.40. The van der Waals surface area contributed by atoms with Gasteiger partial charge in [0.25, 0.3) is 0 Å². The number of hydrogen-bond acceptors (Lipinski definition) is 5. The number of para-hydroxylation sites is 1. The third kappa shape index (κ3) is 3.49. The standard InChI is InChI=1S/C18H16BrN3O2/c1-23-16-6-4-3-5-13(16)15-10-18(21-11-20-15)22-12-7-8-17(24-2)14(19)9-12/h3-11H,1-2H3,(H,20,21,22). The number of ether oxygens (including phenoxy) is 2. The molecule has 122 valence electrons. The first kappa shape index (κ1) is 16.3. The molecule has 0 fully saturated rings. The second-order valence-corrected chi connectivity index (χ2v) is 5.82. The van der Waals surface area contributed by atoms with Gasteiger partial charge < -0.3 is 14.8 Å². The third-order valence-corrected chi connectivity index (χ3v) is 4.09. The molecule has 24 heavy (non-hydrogen) atoms. The first-order valence-corrected chi connectivity index (χ1v) is 8.06. The van der Waals surface area contributed by atoms with Crippen molar-refractivity contribution in [1.82, 2.24) is 9.97 Å². The highest BCUT2D eigenvalue weighted by Crippen LogP contribution is 2.31. The molecule has 0 aliphatic carbocycles. The molecule has 1 heterocycles. The molecule has 1 N–H and O–H groups in total. The molecule has 1 aromatic heterocycles. The number of benzene rings is 2. The molecule has 0 aliphatic rings. The van der Waals surface area contributed by atoms with E-state index < -0.39 is 0 Å². The molecule has 3 aromatic rings. The molecule has 5 nitrogen and oxygen atoms in total. The van der Waals surface area contributed by atoms with Crippen molar-refractivity contribution in [3.8, 4) is 22.8 Å². The minimum atomic E-state index is 0.697. The average Bonchev–Trinajstić information content (AvgIpc) is 2.62.